The van der Waals surface area contributed by atoms with Crippen molar-refractivity contribution in [2.45, 2.75) is 206 Å². The van der Waals surface area contributed by atoms with Crippen molar-refractivity contribution in [1.29, 1.82) is 0 Å². The van der Waals surface area contributed by atoms with E-state index in [0.717, 1.165) is 77.0 Å². The van der Waals surface area contributed by atoms with E-state index >= 15 is 0 Å². The Balaban J connectivity index is 4.07. The molecule has 9 nitrogen and oxygen atoms in total. The Hall–Kier alpha value is -2.29. The lowest BCUT2D eigenvalue weighted by Gasteiger charge is -2.19. The number of esters is 2. The van der Waals surface area contributed by atoms with E-state index in [2.05, 4.69) is 74.6 Å². The summed E-state index contributed by atoms with van der Waals surface area (Å²) in [6.45, 7) is 3.61. The molecule has 0 bridgehead atoms. The molecule has 0 aliphatic carbocycles. The lowest BCUT2D eigenvalue weighted by atomic mass is 10.0. The number of hydrogen-bond acceptors (Lipinski definition) is 8. The van der Waals surface area contributed by atoms with Gasteiger partial charge in [0, 0.05) is 19.4 Å². The molecule has 0 aromatic carbocycles. The molecule has 2 atom stereocenters. The molecular weight excluding hydrogens is 750 g/mol. The topological polar surface area (TPSA) is 134 Å². The van der Waals surface area contributed by atoms with Crippen molar-refractivity contribution in [3.8, 4) is 0 Å². The van der Waals surface area contributed by atoms with E-state index in [-0.39, 0.29) is 38.6 Å². The molecule has 0 spiro atoms. The Morgan fingerprint density at radius 2 is 0.948 bits per heavy atom. The van der Waals surface area contributed by atoms with Crippen LogP contribution in [0.4, 0.5) is 0 Å². The highest BCUT2D eigenvalue weighted by molar-refractivity contribution is 7.47. The van der Waals surface area contributed by atoms with Crippen LogP contribution < -0.4 is 5.73 Å². The zero-order valence-electron chi connectivity index (χ0n) is 37.0. The molecule has 0 aromatic heterocycles. The van der Waals surface area contributed by atoms with Crippen molar-refractivity contribution in [2.24, 2.45) is 5.73 Å². The van der Waals surface area contributed by atoms with Gasteiger partial charge in [0.05, 0.1) is 13.2 Å². The average molecular weight is 836 g/mol. The molecule has 336 valence electrons. The average Bonchev–Trinajstić information content (AvgIpc) is 3.21. The normalized spacial score (nSPS) is 13.8. The molecule has 2 unspecified atom stereocenters. The molecule has 0 radical (unpaired) electrons. The van der Waals surface area contributed by atoms with E-state index in [1.807, 2.05) is 0 Å². The first-order chi connectivity index (χ1) is 28.3. The molecule has 0 heterocycles. The monoisotopic (exact) mass is 836 g/mol. The maximum absolute atomic E-state index is 12.6. The molecule has 0 aromatic rings. The van der Waals surface area contributed by atoms with Crippen LogP contribution in [0.2, 0.25) is 0 Å². The molecule has 0 aliphatic rings. The number of nitrogens with two attached hydrogens (primary N) is 1. The Morgan fingerprint density at radius 3 is 1.41 bits per heavy atom. The minimum Gasteiger partial charge on any atom is -0.462 e. The number of carbonyl (C=O) groups excluding carboxylic acids is 2. The van der Waals surface area contributed by atoms with E-state index in [4.69, 9.17) is 24.3 Å². The largest absolute Gasteiger partial charge is 0.472 e. The fourth-order valence-electron chi connectivity index (χ4n) is 6.25. The van der Waals surface area contributed by atoms with Gasteiger partial charge in [-0.05, 0) is 57.8 Å². The Morgan fingerprint density at radius 1 is 0.534 bits per heavy atom. The Kier molecular flexibility index (Phi) is 42.5. The highest BCUT2D eigenvalue weighted by Gasteiger charge is 2.26. The van der Waals surface area contributed by atoms with Gasteiger partial charge in [-0.3, -0.25) is 18.6 Å². The number of unbranched alkanes of at least 4 members (excludes halogenated alkanes) is 20. The smallest absolute Gasteiger partial charge is 0.462 e. The maximum Gasteiger partial charge on any atom is 0.472 e. The zero-order valence-corrected chi connectivity index (χ0v) is 37.9. The Bertz CT molecular complexity index is 1130. The van der Waals surface area contributed by atoms with Crippen LogP contribution >= 0.6 is 7.82 Å². The summed E-state index contributed by atoms with van der Waals surface area (Å²) >= 11 is 0. The highest BCUT2D eigenvalue weighted by Crippen LogP contribution is 2.43. The first-order valence-corrected chi connectivity index (χ1v) is 24.8. The van der Waals surface area contributed by atoms with Crippen molar-refractivity contribution >= 4 is 19.8 Å². The number of rotatable bonds is 43. The van der Waals surface area contributed by atoms with E-state index < -0.39 is 26.5 Å². The van der Waals surface area contributed by atoms with Gasteiger partial charge < -0.3 is 20.1 Å². The third kappa shape index (κ3) is 43.3. The van der Waals surface area contributed by atoms with Crippen LogP contribution in [0, 0.1) is 0 Å². The van der Waals surface area contributed by atoms with Crippen molar-refractivity contribution < 1.29 is 37.6 Å². The summed E-state index contributed by atoms with van der Waals surface area (Å²) in [6.07, 6.45) is 52.5. The van der Waals surface area contributed by atoms with Gasteiger partial charge in [-0.15, -0.1) is 0 Å². The van der Waals surface area contributed by atoms with Crippen LogP contribution in [0.5, 0.6) is 0 Å². The van der Waals surface area contributed by atoms with Gasteiger partial charge in [0.2, 0.25) is 0 Å². The number of hydrogen-bond donors (Lipinski definition) is 2. The standard InChI is InChI=1S/C48H86NO8P/c1-3-5-7-9-11-13-15-17-18-19-20-21-22-23-24-25-26-27-28-29-31-33-35-37-39-41-48(51)57-46(45-56-58(52,53)55-43-42-49)44-54-47(50)40-38-36-34-32-30-16-14-12-10-8-6-4-2/h5,7,11,13,17-18,20-21,23-24,46H,3-4,6,8-10,12,14-16,19,22,25-45,49H2,1-2H3,(H,52,53)/b7-5-,13-11-,18-17-,21-20-,24-23-. The van der Waals surface area contributed by atoms with Gasteiger partial charge in [-0.2, -0.15) is 0 Å². The summed E-state index contributed by atoms with van der Waals surface area (Å²) in [4.78, 5) is 34.9. The van der Waals surface area contributed by atoms with Crippen LogP contribution in [0.15, 0.2) is 60.8 Å². The first-order valence-electron chi connectivity index (χ1n) is 23.3. The van der Waals surface area contributed by atoms with Gasteiger partial charge >= 0.3 is 19.8 Å². The van der Waals surface area contributed by atoms with Crippen molar-refractivity contribution in [2.75, 3.05) is 26.4 Å². The number of phosphoric acid groups is 1. The van der Waals surface area contributed by atoms with Gasteiger partial charge in [0.1, 0.15) is 6.61 Å². The number of carbonyl (C=O) groups is 2. The van der Waals surface area contributed by atoms with Crippen LogP contribution in [0.3, 0.4) is 0 Å². The third-order valence-electron chi connectivity index (χ3n) is 9.67. The van der Waals surface area contributed by atoms with Crippen LogP contribution in [-0.2, 0) is 32.7 Å². The fourth-order valence-corrected chi connectivity index (χ4v) is 7.01. The minimum atomic E-state index is -4.38. The Labute approximate surface area is 355 Å². The summed E-state index contributed by atoms with van der Waals surface area (Å²) < 4.78 is 32.8. The SMILES string of the molecule is CC/C=C\C/C=C\C/C=C\C/C=C\C/C=C\CCCCCCCCCCCC(=O)OC(COC(=O)CCCCCCCCCCCCCC)COP(=O)(O)OCCN. The molecule has 0 saturated carbocycles. The van der Waals surface area contributed by atoms with E-state index in [9.17, 15) is 19.0 Å². The molecule has 10 heteroatoms. The number of ether oxygens (including phenoxy) is 2. The zero-order chi connectivity index (χ0) is 42.5. The van der Waals surface area contributed by atoms with Gasteiger partial charge in [-0.25, -0.2) is 4.57 Å². The van der Waals surface area contributed by atoms with Crippen molar-refractivity contribution in [3.63, 3.8) is 0 Å². The first kappa shape index (κ1) is 55.7. The predicted octanol–water partition coefficient (Wildman–Crippen LogP) is 13.7. The molecule has 0 saturated heterocycles. The van der Waals surface area contributed by atoms with Crippen LogP contribution in [0.1, 0.15) is 200 Å². The molecule has 3 N–H and O–H groups in total. The minimum absolute atomic E-state index is 0.0511. The molecule has 0 aliphatic heterocycles. The number of phosphoric ester groups is 1. The van der Waals surface area contributed by atoms with Gasteiger partial charge in [0.25, 0.3) is 0 Å². The number of allylic oxidation sites excluding steroid dienone is 10. The molecule has 0 rings (SSSR count). The maximum atomic E-state index is 12.6. The second kappa shape index (κ2) is 44.3. The summed E-state index contributed by atoms with van der Waals surface area (Å²) in [6, 6.07) is 0. The second-order valence-corrected chi connectivity index (χ2v) is 16.7. The van der Waals surface area contributed by atoms with Crippen molar-refractivity contribution in [3.05, 3.63) is 60.8 Å². The summed E-state index contributed by atoms with van der Waals surface area (Å²) in [7, 11) is -4.38. The third-order valence-corrected chi connectivity index (χ3v) is 10.7. The van der Waals surface area contributed by atoms with Crippen LogP contribution in [-0.4, -0.2) is 49.3 Å². The lowest BCUT2D eigenvalue weighted by Crippen LogP contribution is -2.29. The van der Waals surface area contributed by atoms with Crippen LogP contribution in [0.25, 0.3) is 0 Å². The molecule has 58 heavy (non-hydrogen) atoms. The van der Waals surface area contributed by atoms with Gasteiger partial charge in [0.15, 0.2) is 6.10 Å². The van der Waals surface area contributed by atoms with E-state index in [0.29, 0.717) is 6.42 Å². The fraction of sp³-hybridized carbons (Fsp3) is 0.750. The second-order valence-electron chi connectivity index (χ2n) is 15.2. The summed E-state index contributed by atoms with van der Waals surface area (Å²) in [5.41, 5.74) is 5.35. The quantitative estimate of drug-likeness (QED) is 0.0266. The van der Waals surface area contributed by atoms with E-state index in [1.165, 1.54) is 89.9 Å². The lowest BCUT2D eigenvalue weighted by molar-refractivity contribution is -0.161. The summed E-state index contributed by atoms with van der Waals surface area (Å²) in [5.74, 6) is -0.834. The van der Waals surface area contributed by atoms with Crippen molar-refractivity contribution in [1.82, 2.24) is 0 Å². The summed E-state index contributed by atoms with van der Waals surface area (Å²) in [5, 5.41) is 0. The predicted molar refractivity (Wildman–Crippen MR) is 243 cm³/mol. The highest BCUT2D eigenvalue weighted by atomic mass is 31.2. The molecule has 0 amide bonds. The molecular formula is C48H86NO8P. The van der Waals surface area contributed by atoms with E-state index in [1.54, 1.807) is 0 Å². The van der Waals surface area contributed by atoms with Gasteiger partial charge in [-0.1, -0.05) is 190 Å². The molecule has 0 fully saturated rings.